The van der Waals surface area contributed by atoms with Crippen LogP contribution >= 0.6 is 68.0 Å². The van der Waals surface area contributed by atoms with Crippen LogP contribution < -0.4 is 61.4 Å². The Bertz CT molecular complexity index is 6790. The second kappa shape index (κ2) is 56.7. The third-order valence-electron chi connectivity index (χ3n) is 21.8. The molecule has 14 aromatic rings. The van der Waals surface area contributed by atoms with E-state index in [2.05, 4.69) is 52.5 Å². The highest BCUT2D eigenvalue weighted by Crippen LogP contribution is 2.35. The minimum absolute atomic E-state index is 0.195. The van der Waals surface area contributed by atoms with Gasteiger partial charge in [-0.2, -0.15) is 33.7 Å². The van der Waals surface area contributed by atoms with Crippen molar-refractivity contribution in [2.75, 3.05) is 47.3 Å². The Labute approximate surface area is 890 Å². The molecular weight excluding hydrogens is 2130 g/mol. The van der Waals surface area contributed by atoms with Gasteiger partial charge in [0.25, 0.3) is 0 Å². The molecule has 0 saturated heterocycles. The summed E-state index contributed by atoms with van der Waals surface area (Å²) in [7, 11) is -12.6. The van der Waals surface area contributed by atoms with Crippen molar-refractivity contribution < 1.29 is 109 Å². The molecule has 40 nitrogen and oxygen atoms in total. The number of aryl methyl sites for hydroxylation is 2. The summed E-state index contributed by atoms with van der Waals surface area (Å²) in [5.74, 6) is -1.62. The predicted molar refractivity (Wildman–Crippen MR) is 577 cm³/mol. The third kappa shape index (κ3) is 39.5. The minimum Gasteiger partial charge on any atom is -0.453 e. The van der Waals surface area contributed by atoms with Gasteiger partial charge in [0.1, 0.15) is 39.2 Å². The Balaban J connectivity index is 0.000000190. The molecule has 0 aliphatic heterocycles. The van der Waals surface area contributed by atoms with Crippen molar-refractivity contribution in [1.82, 2.24) is 62.5 Å². The Hall–Kier alpha value is -14.5. The highest BCUT2D eigenvalue weighted by atomic mass is 32.2. The smallest absolute Gasteiger partial charge is 0.407 e. The number of thiazole rings is 4. The number of alkyl carbamates (subject to hydrolysis) is 4. The number of rotatable bonds is 44. The Morgan fingerprint density at radius 3 is 0.860 bits per heavy atom. The number of amides is 8. The van der Waals surface area contributed by atoms with E-state index in [4.69, 9.17) is 47.1 Å². The van der Waals surface area contributed by atoms with Crippen molar-refractivity contribution >= 4 is 180 Å². The highest BCUT2D eigenvalue weighted by molar-refractivity contribution is 7.88. The van der Waals surface area contributed by atoms with E-state index >= 15 is 0 Å². The molecule has 50 heteroatoms. The number of anilines is 4. The fourth-order valence-corrected chi connectivity index (χ4v) is 21.4. The number of aromatic nitrogens is 4. The normalized spacial score (nSPS) is 12.8. The zero-order chi connectivity index (χ0) is 108. The molecule has 6 heterocycles. The fourth-order valence-electron chi connectivity index (χ4n) is 14.6. The van der Waals surface area contributed by atoms with Gasteiger partial charge in [0, 0.05) is 47.2 Å². The van der Waals surface area contributed by atoms with Gasteiger partial charge in [0.2, 0.25) is 23.6 Å². The Kier molecular flexibility index (Phi) is 43.8. The van der Waals surface area contributed by atoms with Crippen molar-refractivity contribution in [3.8, 4) is 20.5 Å². The average Bonchev–Trinajstić information content (AvgIpc) is 1.65. The van der Waals surface area contributed by atoms with E-state index in [1.54, 1.807) is 71.2 Å². The summed E-state index contributed by atoms with van der Waals surface area (Å²) in [6, 6.07) is 65.0. The molecule has 792 valence electrons. The zero-order valence-electron chi connectivity index (χ0n) is 81.1. The van der Waals surface area contributed by atoms with Crippen molar-refractivity contribution in [2.24, 2.45) is 0 Å². The number of carbonyl (C=O) groups is 8. The average molecular weight is 2240 g/mol. The van der Waals surface area contributed by atoms with Crippen molar-refractivity contribution in [3.05, 3.63) is 352 Å². The summed E-state index contributed by atoms with van der Waals surface area (Å²) in [6.45, 7) is 3.98. The molecule has 16 N–H and O–H groups in total. The molecule has 14 rings (SSSR count). The predicted octanol–water partition coefficient (Wildman–Crippen LogP) is 15.5. The Morgan fingerprint density at radius 1 is 0.287 bits per heavy atom. The lowest BCUT2D eigenvalue weighted by atomic mass is 10.0. The van der Waals surface area contributed by atoms with Gasteiger partial charge in [-0.05, 0) is 154 Å². The Morgan fingerprint density at radius 2 is 0.573 bits per heavy atom. The van der Waals surface area contributed by atoms with Crippen molar-refractivity contribution in [1.29, 1.82) is 0 Å². The highest BCUT2D eigenvalue weighted by Gasteiger charge is 2.33. The molecule has 0 radical (unpaired) electrons. The van der Waals surface area contributed by atoms with Gasteiger partial charge in [-0.3, -0.25) is 56.3 Å². The maximum Gasteiger partial charge on any atom is 0.407 e. The number of benzene rings is 8. The van der Waals surface area contributed by atoms with E-state index in [1.807, 2.05) is 211 Å². The van der Waals surface area contributed by atoms with E-state index in [0.717, 1.165) is 88.5 Å². The maximum absolute atomic E-state index is 13.5. The largest absolute Gasteiger partial charge is 0.453 e. The van der Waals surface area contributed by atoms with Crippen LogP contribution in [0.2, 0.25) is 0 Å². The number of carbonyl (C=O) groups excluding carboxylic acids is 8. The number of hydrogen-bond acceptors (Lipinski definition) is 30. The molecule has 0 fully saturated rings. The molecule has 0 bridgehead atoms. The molecule has 0 aliphatic rings. The lowest BCUT2D eigenvalue weighted by Crippen LogP contribution is -2.49. The van der Waals surface area contributed by atoms with Crippen LogP contribution in [0.25, 0.3) is 20.5 Å². The second-order valence-corrected chi connectivity index (χ2v) is 42.9. The van der Waals surface area contributed by atoms with E-state index < -0.39 is 138 Å². The quantitative estimate of drug-likeness (QED) is 0.0125. The van der Waals surface area contributed by atoms with Crippen LogP contribution in [0.1, 0.15) is 115 Å². The first kappa shape index (κ1) is 116. The van der Waals surface area contributed by atoms with E-state index in [0.29, 0.717) is 47.1 Å². The maximum atomic E-state index is 13.5. The van der Waals surface area contributed by atoms with Gasteiger partial charge in [-0.1, -0.05) is 196 Å². The van der Waals surface area contributed by atoms with E-state index in [9.17, 15) is 72.0 Å². The van der Waals surface area contributed by atoms with Crippen LogP contribution in [0.3, 0.4) is 0 Å². The minimum atomic E-state index is -4.40. The fraction of sp³-hybridized carbons (Fsp3) is 0.240. The lowest BCUT2D eigenvalue weighted by molar-refractivity contribution is -0.124. The first-order chi connectivity index (χ1) is 71.7. The first-order valence-electron chi connectivity index (χ1n) is 45.7. The van der Waals surface area contributed by atoms with Crippen LogP contribution in [0.4, 0.5) is 41.9 Å². The number of methoxy groups -OCH3 is 4. The summed E-state index contributed by atoms with van der Waals surface area (Å²) in [5, 5.41) is 37.2. The van der Waals surface area contributed by atoms with Gasteiger partial charge < -0.3 is 61.5 Å². The van der Waals surface area contributed by atoms with Crippen LogP contribution in [0.5, 0.6) is 0 Å². The zero-order valence-corrected chi connectivity index (χ0v) is 89.2. The molecule has 8 aromatic carbocycles. The van der Waals surface area contributed by atoms with Gasteiger partial charge in [0.15, 0.2) is 0 Å². The summed E-state index contributed by atoms with van der Waals surface area (Å²) in [6.07, 6.45) is 1.06. The number of hydrogen-bond donors (Lipinski definition) is 16. The van der Waals surface area contributed by atoms with E-state index in [1.165, 1.54) is 122 Å². The number of nitrogens with one attached hydrogen (secondary N) is 12. The molecule has 0 saturated carbocycles. The summed E-state index contributed by atoms with van der Waals surface area (Å²) >= 11 is 8.91. The molecule has 8 atom stereocenters. The molecule has 0 aliphatic carbocycles. The topological polar surface area (TPSA) is 587 Å². The first-order valence-corrected chi connectivity index (χ1v) is 56.8. The summed E-state index contributed by atoms with van der Waals surface area (Å²) in [4.78, 5) is 122. The van der Waals surface area contributed by atoms with Gasteiger partial charge in [-0.15, -0.1) is 68.0 Å². The lowest BCUT2D eigenvalue weighted by Gasteiger charge is -2.23. The monoisotopic (exact) mass is 2240 g/mol. The van der Waals surface area contributed by atoms with Gasteiger partial charge in [-0.25, -0.2) is 39.1 Å². The van der Waals surface area contributed by atoms with Crippen molar-refractivity contribution in [2.45, 2.75) is 126 Å². The van der Waals surface area contributed by atoms with Crippen LogP contribution in [-0.2, 0) is 144 Å². The molecule has 150 heavy (non-hydrogen) atoms. The van der Waals surface area contributed by atoms with Crippen LogP contribution in [-0.4, -0.2) is 172 Å². The van der Waals surface area contributed by atoms with Crippen LogP contribution in [0, 0.1) is 0 Å². The summed E-state index contributed by atoms with van der Waals surface area (Å²) < 4.78 is 151. The van der Waals surface area contributed by atoms with Gasteiger partial charge >= 0.3 is 65.6 Å². The standard InChI is InChI=1S/2C26H26N4O6S3.2C24H28N4O6S2/c1-36-26(32)29-21(15-17-6-3-2-4-7-17)24(31)27-20(22-16-38-25(28-22)23-8-5-13-37-23)14-18-9-11-19(12-10-18)30-39(33,34)35;1-36-26(32)29-20(14-17-6-3-2-4-7-17)24(31)27-21(25-28-22(16-38-25)23-8-5-13-37-23)15-18-9-11-19(12-10-18)30-39(33,34)35;1-3-22-25-21(15-35-22)19(13-17-9-11-18(12-10-17)28-36(31,32)33)26-23(29)20(27-24(30)34-2)14-16-7-5-4-6-8-16;1-3-18-15-35-23(25-18)21(14-17-9-11-19(12-10-17)28-36(31,32)33)26-22(29)20(27-24(30)34-2)13-16-7-5-4-6-8-16/h2*2-13,16,20-21,30H,14-15H2,1H3,(H,27,31)(H,29,32)(H,33,34,35);4-12,15,19-20,28H,3,13-14H2,1-2H3,(H,26,29)(H,27,30)(H,31,32,33);4-12,15,20-21,28H,3,13-14H2,1-2H3,(H,26,29)(H,27,30)(H,31,32,33)/t20-,21+;20-,21-;19-,20-;20-,21-/m1000/s1. The van der Waals surface area contributed by atoms with Crippen molar-refractivity contribution in [3.63, 3.8) is 0 Å². The number of ether oxygens (including phenoxy) is 4. The van der Waals surface area contributed by atoms with Gasteiger partial charge in [0.05, 0.1) is 113 Å². The number of thiophene rings is 2. The second-order valence-electron chi connectivity index (χ2n) is 32.8. The van der Waals surface area contributed by atoms with Crippen LogP contribution in [0.15, 0.2) is 275 Å². The number of nitrogens with zero attached hydrogens (tertiary/aromatic N) is 4. The van der Waals surface area contributed by atoms with E-state index in [-0.39, 0.29) is 48.4 Å². The third-order valence-corrected chi connectivity index (χ3v) is 29.5. The summed E-state index contributed by atoms with van der Waals surface area (Å²) in [5.41, 5.74) is 10.5. The molecular formula is C100H108N16O24S10. The molecule has 6 aromatic heterocycles. The molecule has 8 amide bonds. The molecule has 0 unspecified atom stereocenters. The SMILES string of the molecule is CCc1csc([C@H](Cc2ccc(NS(=O)(=O)O)cc2)NC(=O)[C@H](Cc2ccccc2)NC(=O)OC)n1.CCc1nc([C@H](Cc2ccc(NS(=O)(=O)O)cc2)NC(=O)[C@H](Cc2ccccc2)NC(=O)OC)cs1.COC(=O)N[C@@H](Cc1ccccc1)C(=O)N[C@@H](Cc1ccc(NS(=O)(=O)O)cc1)c1nc(-c2cccs2)cs1.COC(=O)N[C@@H](Cc1ccccc1)C(=O)N[C@H](Cc1ccc(NS(=O)(=O)O)cc1)c1csc(-c2cccs2)n1. The molecule has 0 spiro atoms.